The van der Waals surface area contributed by atoms with Gasteiger partial charge in [0.15, 0.2) is 0 Å². The molecule has 0 saturated heterocycles. The molecular formula is C8H13IN3O. The van der Waals surface area contributed by atoms with Crippen LogP contribution < -0.4 is 24.0 Å². The van der Waals surface area contributed by atoms with Crippen LogP contribution in [-0.4, -0.2) is 41.4 Å². The van der Waals surface area contributed by atoms with Gasteiger partial charge in [0.05, 0.1) is 19.4 Å². The summed E-state index contributed by atoms with van der Waals surface area (Å²) in [6.07, 6.45) is 3.47. The Morgan fingerprint density at radius 1 is 1.54 bits per heavy atom. The van der Waals surface area contributed by atoms with E-state index in [1.54, 1.807) is 29.2 Å². The predicted octanol–water partition coefficient (Wildman–Crippen LogP) is -2.22. The fourth-order valence-electron chi connectivity index (χ4n) is 0.829. The van der Waals surface area contributed by atoms with Crippen molar-refractivity contribution in [3.63, 3.8) is 0 Å². The van der Waals surface area contributed by atoms with Crippen LogP contribution in [0.3, 0.4) is 0 Å². The highest BCUT2D eigenvalue weighted by molar-refractivity contribution is 5.76. The second kappa shape index (κ2) is 5.21. The Bertz CT molecular complexity index is 208. The number of hydrogen-bond donors (Lipinski definition) is 0. The maximum absolute atomic E-state index is 11.4. The normalized spacial score (nSPS) is 13.8. The second-order valence-electron chi connectivity index (χ2n) is 2.68. The minimum Gasteiger partial charge on any atom is -1.00 e. The van der Waals surface area contributed by atoms with Gasteiger partial charge in [-0.1, -0.05) is 4.90 Å². The molecule has 0 aliphatic carbocycles. The minimum absolute atomic E-state index is 0. The molecule has 1 rings (SSSR count). The molecule has 1 radical (unpaired) electrons. The van der Waals surface area contributed by atoms with Crippen molar-refractivity contribution in [3.05, 3.63) is 19.1 Å². The summed E-state index contributed by atoms with van der Waals surface area (Å²) >= 11 is 0. The highest BCUT2D eigenvalue weighted by Gasteiger charge is 2.35. The van der Waals surface area contributed by atoms with Crippen LogP contribution >= 0.6 is 0 Å². The summed E-state index contributed by atoms with van der Waals surface area (Å²) in [4.78, 5) is 16.2. The van der Waals surface area contributed by atoms with Gasteiger partial charge < -0.3 is 28.9 Å². The molecule has 1 heterocycles. The minimum atomic E-state index is -0.0573. The number of nitrogens with zero attached hydrogens (tertiary/aromatic N) is 3. The van der Waals surface area contributed by atoms with E-state index in [2.05, 4.69) is 6.67 Å². The largest absolute Gasteiger partial charge is 1.00 e. The standard InChI is InChI=1S/C8H13N3O.HI/c1-4-10(3)8(12)11-6-5-9(2)7-11;/h5-6H,4H2,1-3H3;1H/q+1;/p-1. The molecule has 5 heteroatoms. The van der Waals surface area contributed by atoms with Gasteiger partial charge in [0.25, 0.3) is 0 Å². The number of amides is 2. The summed E-state index contributed by atoms with van der Waals surface area (Å²) in [5.41, 5.74) is 0. The number of urea groups is 1. The first kappa shape index (κ1) is 12.4. The van der Waals surface area contributed by atoms with E-state index in [4.69, 9.17) is 0 Å². The smallest absolute Gasteiger partial charge is 0.573 e. The molecule has 0 saturated carbocycles. The van der Waals surface area contributed by atoms with E-state index in [-0.39, 0.29) is 30.0 Å². The van der Waals surface area contributed by atoms with Crippen LogP contribution in [0.4, 0.5) is 4.79 Å². The maximum Gasteiger partial charge on any atom is 0.573 e. The molecule has 13 heavy (non-hydrogen) atoms. The molecule has 0 unspecified atom stereocenters. The molecule has 1 aliphatic heterocycles. The molecule has 0 fully saturated rings. The van der Waals surface area contributed by atoms with E-state index in [1.807, 2.05) is 14.0 Å². The molecule has 0 atom stereocenters. The van der Waals surface area contributed by atoms with Gasteiger partial charge in [-0.25, -0.2) is 4.79 Å². The van der Waals surface area contributed by atoms with E-state index in [0.29, 0.717) is 6.54 Å². The average Bonchev–Trinajstić information content (AvgIpc) is 2.49. The zero-order valence-electron chi connectivity index (χ0n) is 7.99. The first-order chi connectivity index (χ1) is 5.65. The Kier molecular flexibility index (Phi) is 4.97. The number of carbonyl (C=O) groups is 1. The van der Waals surface area contributed by atoms with Gasteiger partial charge in [-0.3, -0.25) is 0 Å². The van der Waals surface area contributed by atoms with E-state index in [1.165, 1.54) is 4.90 Å². The SMILES string of the molecule is CCN(C)C(=O)N1[C+]N(C)C=C1.[I-]. The molecule has 0 aromatic carbocycles. The van der Waals surface area contributed by atoms with Gasteiger partial charge in [-0.2, -0.15) is 0 Å². The van der Waals surface area contributed by atoms with Crippen molar-refractivity contribution in [2.45, 2.75) is 6.92 Å². The van der Waals surface area contributed by atoms with Gasteiger partial charge in [0.2, 0.25) is 0 Å². The van der Waals surface area contributed by atoms with Crippen LogP contribution in [-0.2, 0) is 0 Å². The van der Waals surface area contributed by atoms with Crippen molar-refractivity contribution < 1.29 is 28.8 Å². The van der Waals surface area contributed by atoms with Crippen LogP contribution in [0, 0.1) is 6.67 Å². The molecular weight excluding hydrogens is 281 g/mol. The highest BCUT2D eigenvalue weighted by atomic mass is 127. The van der Waals surface area contributed by atoms with Crippen molar-refractivity contribution >= 4 is 6.03 Å². The fourth-order valence-corrected chi connectivity index (χ4v) is 0.829. The van der Waals surface area contributed by atoms with Gasteiger partial charge in [0.1, 0.15) is 0 Å². The lowest BCUT2D eigenvalue weighted by molar-refractivity contribution is -0.00000628. The Hall–Kier alpha value is -0.590. The molecule has 0 N–H and O–H groups in total. The first-order valence-electron chi connectivity index (χ1n) is 3.87. The van der Waals surface area contributed by atoms with Gasteiger partial charge in [-0.05, 0) is 6.92 Å². The molecule has 0 aromatic heterocycles. The Morgan fingerprint density at radius 3 is 2.54 bits per heavy atom. The number of hydrogen-bond acceptors (Lipinski definition) is 2. The number of halogens is 1. The lowest BCUT2D eigenvalue weighted by atomic mass is 10.6. The van der Waals surface area contributed by atoms with Crippen LogP contribution in [0.25, 0.3) is 0 Å². The number of rotatable bonds is 1. The molecule has 4 nitrogen and oxygen atoms in total. The maximum atomic E-state index is 11.4. The summed E-state index contributed by atoms with van der Waals surface area (Å²) in [5, 5.41) is 0. The van der Waals surface area contributed by atoms with Crippen LogP contribution in [0.1, 0.15) is 6.92 Å². The van der Waals surface area contributed by atoms with Gasteiger partial charge in [-0.15, -0.1) is 4.90 Å². The van der Waals surface area contributed by atoms with Crippen molar-refractivity contribution in [3.8, 4) is 0 Å². The molecule has 73 valence electrons. The molecule has 0 aromatic rings. The topological polar surface area (TPSA) is 26.8 Å². The van der Waals surface area contributed by atoms with E-state index in [9.17, 15) is 4.79 Å². The number of carbonyl (C=O) groups excluding carboxylic acids is 1. The third-order valence-electron chi connectivity index (χ3n) is 1.71. The summed E-state index contributed by atoms with van der Waals surface area (Å²) in [6.45, 7) is 5.47. The molecule has 2 amide bonds. The van der Waals surface area contributed by atoms with Crippen molar-refractivity contribution in [2.75, 3.05) is 20.6 Å². The molecule has 0 spiro atoms. The zero-order chi connectivity index (χ0) is 9.14. The van der Waals surface area contributed by atoms with Gasteiger partial charge in [0, 0.05) is 13.6 Å². The quantitative estimate of drug-likeness (QED) is 0.404. The average molecular weight is 294 g/mol. The summed E-state index contributed by atoms with van der Waals surface area (Å²) in [5.74, 6) is 0. The van der Waals surface area contributed by atoms with E-state index in [0.717, 1.165) is 0 Å². The lowest BCUT2D eigenvalue weighted by Crippen LogP contribution is -3.00. The summed E-state index contributed by atoms with van der Waals surface area (Å²) in [6, 6.07) is -0.0573. The Morgan fingerprint density at radius 2 is 2.15 bits per heavy atom. The van der Waals surface area contributed by atoms with Crippen molar-refractivity contribution in [1.29, 1.82) is 0 Å². The second-order valence-corrected chi connectivity index (χ2v) is 2.68. The van der Waals surface area contributed by atoms with Crippen molar-refractivity contribution in [1.82, 2.24) is 14.7 Å². The lowest BCUT2D eigenvalue weighted by Gasteiger charge is -2.13. The van der Waals surface area contributed by atoms with E-state index >= 15 is 0 Å². The van der Waals surface area contributed by atoms with Gasteiger partial charge >= 0.3 is 12.7 Å². The monoisotopic (exact) mass is 294 g/mol. The van der Waals surface area contributed by atoms with Crippen LogP contribution in [0.5, 0.6) is 0 Å². The fraction of sp³-hybridized carbons (Fsp3) is 0.500. The summed E-state index contributed by atoms with van der Waals surface area (Å²) < 4.78 is 0. The first-order valence-corrected chi connectivity index (χ1v) is 3.87. The Labute approximate surface area is 96.2 Å². The van der Waals surface area contributed by atoms with Crippen LogP contribution in [0.15, 0.2) is 12.4 Å². The third kappa shape index (κ3) is 2.98. The molecule has 1 aliphatic rings. The van der Waals surface area contributed by atoms with E-state index < -0.39 is 0 Å². The highest BCUT2D eigenvalue weighted by Crippen LogP contribution is 2.10. The predicted molar refractivity (Wildman–Crippen MR) is 45.7 cm³/mol. The van der Waals surface area contributed by atoms with Crippen LogP contribution in [0.2, 0.25) is 0 Å². The Balaban J connectivity index is 0.00000144. The van der Waals surface area contributed by atoms with Crippen molar-refractivity contribution in [2.24, 2.45) is 0 Å². The zero-order valence-corrected chi connectivity index (χ0v) is 10.1. The molecule has 0 bridgehead atoms. The summed E-state index contributed by atoms with van der Waals surface area (Å²) in [7, 11) is 3.59. The third-order valence-corrected chi connectivity index (χ3v) is 1.71.